The Labute approximate surface area is 106 Å². The van der Waals surface area contributed by atoms with Crippen LogP contribution in [0, 0.1) is 5.92 Å². The lowest BCUT2D eigenvalue weighted by atomic mass is 9.96. The number of hydrogen-bond acceptors (Lipinski definition) is 3. The van der Waals surface area contributed by atoms with Crippen molar-refractivity contribution in [2.24, 2.45) is 5.92 Å². The van der Waals surface area contributed by atoms with Gasteiger partial charge in [-0.15, -0.1) is 0 Å². The van der Waals surface area contributed by atoms with E-state index < -0.39 is 0 Å². The first-order chi connectivity index (χ1) is 7.77. The quantitative estimate of drug-likeness (QED) is 0.901. The lowest BCUT2D eigenvalue weighted by Crippen LogP contribution is -2.28. The first kappa shape index (κ1) is 12.3. The third kappa shape index (κ3) is 2.24. The molecule has 1 aromatic heterocycles. The van der Waals surface area contributed by atoms with E-state index in [1.807, 2.05) is 23.5 Å². The number of halogens is 1. The molecule has 0 aliphatic carbocycles. The summed E-state index contributed by atoms with van der Waals surface area (Å²) < 4.78 is 2.01. The second-order valence-electron chi connectivity index (χ2n) is 4.08. The molecule has 2 heterocycles. The van der Waals surface area contributed by atoms with E-state index in [-0.39, 0.29) is 0 Å². The number of aromatic nitrogens is 2. The van der Waals surface area contributed by atoms with E-state index in [4.69, 9.17) is 11.6 Å². The number of nitrogens with one attached hydrogen (secondary N) is 1. The van der Waals surface area contributed by atoms with Gasteiger partial charge >= 0.3 is 0 Å². The van der Waals surface area contributed by atoms with Gasteiger partial charge in [0.1, 0.15) is 0 Å². The van der Waals surface area contributed by atoms with Crippen molar-refractivity contribution in [3.05, 3.63) is 16.9 Å². The van der Waals surface area contributed by atoms with Gasteiger partial charge in [-0.3, -0.25) is 4.68 Å². The molecule has 1 saturated heterocycles. The molecular formula is C11H18ClN3S. The Morgan fingerprint density at radius 3 is 3.12 bits per heavy atom. The maximum atomic E-state index is 6.25. The predicted octanol–water partition coefficient (Wildman–Crippen LogP) is 2.57. The van der Waals surface area contributed by atoms with Crippen LogP contribution in [0.4, 0.5) is 0 Å². The van der Waals surface area contributed by atoms with Crippen LogP contribution in [-0.2, 0) is 6.54 Å². The molecule has 0 radical (unpaired) electrons. The molecule has 1 N–H and O–H groups in total. The summed E-state index contributed by atoms with van der Waals surface area (Å²) in [5.74, 6) is 3.16. The fourth-order valence-electron chi connectivity index (χ4n) is 2.34. The molecule has 1 fully saturated rings. The lowest BCUT2D eigenvalue weighted by molar-refractivity contribution is 0.391. The van der Waals surface area contributed by atoms with E-state index in [1.54, 1.807) is 6.20 Å². The molecule has 0 saturated carbocycles. The molecule has 5 heteroatoms. The van der Waals surface area contributed by atoms with Gasteiger partial charge in [-0.1, -0.05) is 11.6 Å². The molecule has 2 rings (SSSR count). The van der Waals surface area contributed by atoms with Gasteiger partial charge in [-0.25, -0.2) is 0 Å². The highest BCUT2D eigenvalue weighted by Gasteiger charge is 2.29. The highest BCUT2D eigenvalue weighted by atomic mass is 35.5. The fraction of sp³-hybridized carbons (Fsp3) is 0.727. The molecular weight excluding hydrogens is 242 g/mol. The highest BCUT2D eigenvalue weighted by molar-refractivity contribution is 7.99. The van der Waals surface area contributed by atoms with E-state index in [1.165, 1.54) is 17.9 Å². The molecule has 2 atom stereocenters. The molecule has 1 aromatic rings. The van der Waals surface area contributed by atoms with Crippen LogP contribution < -0.4 is 5.32 Å². The Morgan fingerprint density at radius 2 is 2.56 bits per heavy atom. The second kappa shape index (κ2) is 5.43. The summed E-state index contributed by atoms with van der Waals surface area (Å²) in [7, 11) is 2.01. The largest absolute Gasteiger partial charge is 0.311 e. The molecule has 2 unspecified atom stereocenters. The summed E-state index contributed by atoms with van der Waals surface area (Å²) in [5.41, 5.74) is 1.15. The average molecular weight is 260 g/mol. The number of rotatable bonds is 4. The second-order valence-corrected chi connectivity index (χ2v) is 5.64. The molecule has 90 valence electrons. The van der Waals surface area contributed by atoms with E-state index in [2.05, 4.69) is 17.3 Å². The van der Waals surface area contributed by atoms with Crippen LogP contribution in [-0.4, -0.2) is 28.3 Å². The molecule has 0 spiro atoms. The summed E-state index contributed by atoms with van der Waals surface area (Å²) in [4.78, 5) is 0. The van der Waals surface area contributed by atoms with Gasteiger partial charge in [0, 0.05) is 6.54 Å². The molecule has 0 amide bonds. The molecule has 1 aliphatic rings. The van der Waals surface area contributed by atoms with Gasteiger partial charge in [-0.2, -0.15) is 16.9 Å². The summed E-state index contributed by atoms with van der Waals surface area (Å²) >= 11 is 8.28. The van der Waals surface area contributed by atoms with E-state index in [0.29, 0.717) is 12.0 Å². The SMILES string of the molecule is CCn1ncc(Cl)c1C(NC)C1CCSC1. The Kier molecular flexibility index (Phi) is 4.16. The van der Waals surface area contributed by atoms with Crippen molar-refractivity contribution in [3.63, 3.8) is 0 Å². The van der Waals surface area contributed by atoms with Crippen LogP contribution in [0.3, 0.4) is 0 Å². The highest BCUT2D eigenvalue weighted by Crippen LogP contribution is 2.36. The van der Waals surface area contributed by atoms with Gasteiger partial charge < -0.3 is 5.32 Å². The van der Waals surface area contributed by atoms with Gasteiger partial charge in [0.25, 0.3) is 0 Å². The van der Waals surface area contributed by atoms with Gasteiger partial charge in [0.05, 0.1) is 23.0 Å². The van der Waals surface area contributed by atoms with Crippen LogP contribution >= 0.6 is 23.4 Å². The summed E-state index contributed by atoms with van der Waals surface area (Å²) in [6, 6.07) is 0.338. The Balaban J connectivity index is 2.27. The zero-order chi connectivity index (χ0) is 11.5. The van der Waals surface area contributed by atoms with Crippen molar-refractivity contribution < 1.29 is 0 Å². The van der Waals surface area contributed by atoms with Crippen LogP contribution in [0.2, 0.25) is 5.02 Å². The third-order valence-corrected chi connectivity index (χ3v) is 4.65. The van der Waals surface area contributed by atoms with Crippen LogP contribution in [0.1, 0.15) is 25.1 Å². The van der Waals surface area contributed by atoms with Crippen molar-refractivity contribution in [3.8, 4) is 0 Å². The standard InChI is InChI=1S/C11H18ClN3S/c1-3-15-11(9(12)6-14-15)10(13-2)8-4-5-16-7-8/h6,8,10,13H,3-5,7H2,1-2H3. The molecule has 0 bridgehead atoms. The zero-order valence-electron chi connectivity index (χ0n) is 9.74. The van der Waals surface area contributed by atoms with Gasteiger partial charge in [0.15, 0.2) is 0 Å². The molecule has 3 nitrogen and oxygen atoms in total. The lowest BCUT2D eigenvalue weighted by Gasteiger charge is -2.23. The Bertz CT molecular complexity index is 347. The molecule has 0 aromatic carbocycles. The van der Waals surface area contributed by atoms with Crippen molar-refractivity contribution in [2.45, 2.75) is 25.9 Å². The minimum Gasteiger partial charge on any atom is -0.311 e. The summed E-state index contributed by atoms with van der Waals surface area (Å²) in [6.45, 7) is 2.98. The number of aryl methyl sites for hydroxylation is 1. The van der Waals surface area contributed by atoms with Crippen molar-refractivity contribution in [2.75, 3.05) is 18.6 Å². The maximum absolute atomic E-state index is 6.25. The predicted molar refractivity (Wildman–Crippen MR) is 70.1 cm³/mol. The van der Waals surface area contributed by atoms with Crippen LogP contribution in [0.25, 0.3) is 0 Å². The minimum atomic E-state index is 0.338. The Morgan fingerprint density at radius 1 is 1.75 bits per heavy atom. The number of thioether (sulfide) groups is 1. The average Bonchev–Trinajstić information content (AvgIpc) is 2.91. The fourth-order valence-corrected chi connectivity index (χ4v) is 3.90. The van der Waals surface area contributed by atoms with Gasteiger partial charge in [-0.05, 0) is 37.8 Å². The van der Waals surface area contributed by atoms with E-state index in [9.17, 15) is 0 Å². The van der Waals surface area contributed by atoms with Crippen molar-refractivity contribution in [1.82, 2.24) is 15.1 Å². The van der Waals surface area contributed by atoms with Crippen LogP contribution in [0.15, 0.2) is 6.20 Å². The minimum absolute atomic E-state index is 0.338. The first-order valence-electron chi connectivity index (χ1n) is 5.74. The Hall–Kier alpha value is -0.190. The maximum Gasteiger partial charge on any atom is 0.0834 e. The number of nitrogens with zero attached hydrogens (tertiary/aromatic N) is 2. The first-order valence-corrected chi connectivity index (χ1v) is 7.27. The van der Waals surface area contributed by atoms with Crippen molar-refractivity contribution >= 4 is 23.4 Å². The zero-order valence-corrected chi connectivity index (χ0v) is 11.3. The number of hydrogen-bond donors (Lipinski definition) is 1. The summed E-state index contributed by atoms with van der Waals surface area (Å²) in [5, 5.41) is 8.51. The van der Waals surface area contributed by atoms with E-state index >= 15 is 0 Å². The topological polar surface area (TPSA) is 29.9 Å². The van der Waals surface area contributed by atoms with Crippen molar-refractivity contribution in [1.29, 1.82) is 0 Å². The smallest absolute Gasteiger partial charge is 0.0834 e. The normalized spacial score (nSPS) is 22.6. The van der Waals surface area contributed by atoms with E-state index in [0.717, 1.165) is 17.3 Å². The summed E-state index contributed by atoms with van der Waals surface area (Å²) in [6.07, 6.45) is 3.02. The van der Waals surface area contributed by atoms with Crippen LogP contribution in [0.5, 0.6) is 0 Å². The third-order valence-electron chi connectivity index (χ3n) is 3.17. The molecule has 16 heavy (non-hydrogen) atoms. The molecule has 1 aliphatic heterocycles. The monoisotopic (exact) mass is 259 g/mol. The van der Waals surface area contributed by atoms with Gasteiger partial charge in [0.2, 0.25) is 0 Å².